The maximum Gasteiger partial charge on any atom is 0.0424 e. The van der Waals surface area contributed by atoms with Gasteiger partial charge in [-0.1, -0.05) is 57.4 Å². The van der Waals surface area contributed by atoms with E-state index >= 15 is 0 Å². The van der Waals surface area contributed by atoms with Crippen molar-refractivity contribution in [2.24, 2.45) is 5.73 Å². The first-order chi connectivity index (χ1) is 9.58. The monoisotopic (exact) mass is 274 g/mol. The molecule has 1 aromatic rings. The third-order valence-corrected chi connectivity index (χ3v) is 4.71. The van der Waals surface area contributed by atoms with Crippen molar-refractivity contribution in [3.8, 4) is 0 Å². The van der Waals surface area contributed by atoms with Crippen molar-refractivity contribution in [1.82, 2.24) is 4.90 Å². The summed E-state index contributed by atoms with van der Waals surface area (Å²) in [6.45, 7) is 5.42. The van der Waals surface area contributed by atoms with Gasteiger partial charge in [-0.15, -0.1) is 0 Å². The molecule has 2 nitrogen and oxygen atoms in total. The molecule has 0 radical (unpaired) electrons. The molecule has 1 unspecified atom stereocenters. The van der Waals surface area contributed by atoms with E-state index in [1.165, 1.54) is 43.2 Å². The fourth-order valence-corrected chi connectivity index (χ4v) is 3.21. The summed E-state index contributed by atoms with van der Waals surface area (Å²) in [6.07, 6.45) is 6.86. The van der Waals surface area contributed by atoms with E-state index in [1.54, 1.807) is 0 Å². The van der Waals surface area contributed by atoms with E-state index in [1.807, 2.05) is 0 Å². The Morgan fingerprint density at radius 1 is 1.05 bits per heavy atom. The number of nitrogens with two attached hydrogens (primary N) is 1. The first-order valence-corrected chi connectivity index (χ1v) is 8.13. The second kappa shape index (κ2) is 7.24. The molecule has 0 spiro atoms. The van der Waals surface area contributed by atoms with E-state index in [9.17, 15) is 0 Å². The smallest absolute Gasteiger partial charge is 0.0424 e. The summed E-state index contributed by atoms with van der Waals surface area (Å²) >= 11 is 0. The van der Waals surface area contributed by atoms with E-state index in [2.05, 4.69) is 50.1 Å². The summed E-state index contributed by atoms with van der Waals surface area (Å²) in [6, 6.07) is 9.72. The normalized spacial score (nSPS) is 18.7. The molecule has 2 N–H and O–H groups in total. The first kappa shape index (κ1) is 15.5. The minimum absolute atomic E-state index is 0.128. The van der Waals surface area contributed by atoms with Crippen molar-refractivity contribution in [2.75, 3.05) is 13.6 Å². The van der Waals surface area contributed by atoms with Crippen LogP contribution in [0.3, 0.4) is 0 Å². The predicted molar refractivity (Wildman–Crippen MR) is 87.0 cm³/mol. The average molecular weight is 274 g/mol. The Bertz CT molecular complexity index is 390. The second-order valence-electron chi connectivity index (χ2n) is 6.66. The third kappa shape index (κ3) is 4.07. The topological polar surface area (TPSA) is 29.3 Å². The Balaban J connectivity index is 1.91. The fraction of sp³-hybridized carbons (Fsp3) is 0.667. The average Bonchev–Trinajstić information content (AvgIpc) is 2.48. The Hall–Kier alpha value is -0.860. The zero-order valence-corrected chi connectivity index (χ0v) is 13.3. The van der Waals surface area contributed by atoms with Gasteiger partial charge in [-0.05, 0) is 36.9 Å². The first-order valence-electron chi connectivity index (χ1n) is 8.13. The molecule has 0 bridgehead atoms. The van der Waals surface area contributed by atoms with Crippen LogP contribution in [0.4, 0.5) is 0 Å². The largest absolute Gasteiger partial charge is 0.323 e. The quantitative estimate of drug-likeness (QED) is 0.877. The van der Waals surface area contributed by atoms with Gasteiger partial charge in [0.15, 0.2) is 0 Å². The molecule has 20 heavy (non-hydrogen) atoms. The van der Waals surface area contributed by atoms with Gasteiger partial charge in [0, 0.05) is 18.6 Å². The van der Waals surface area contributed by atoms with E-state index in [0.717, 1.165) is 12.6 Å². The molecule has 0 amide bonds. The zero-order valence-electron chi connectivity index (χ0n) is 13.3. The predicted octanol–water partition coefficient (Wildman–Crippen LogP) is 4.07. The molecule has 1 fully saturated rings. The van der Waals surface area contributed by atoms with E-state index in [0.29, 0.717) is 5.92 Å². The van der Waals surface area contributed by atoms with Crippen molar-refractivity contribution in [2.45, 2.75) is 64.0 Å². The van der Waals surface area contributed by atoms with Crippen LogP contribution in [-0.4, -0.2) is 24.5 Å². The van der Waals surface area contributed by atoms with E-state index in [4.69, 9.17) is 5.73 Å². The highest BCUT2D eigenvalue weighted by atomic mass is 15.1. The molecular weight excluding hydrogens is 244 g/mol. The maximum absolute atomic E-state index is 6.39. The summed E-state index contributed by atoms with van der Waals surface area (Å²) in [4.78, 5) is 2.47. The molecule has 2 rings (SSSR count). The van der Waals surface area contributed by atoms with Crippen LogP contribution >= 0.6 is 0 Å². The Morgan fingerprint density at radius 3 is 2.15 bits per heavy atom. The summed E-state index contributed by atoms with van der Waals surface area (Å²) in [5.41, 5.74) is 9.04. The van der Waals surface area contributed by atoms with Gasteiger partial charge in [-0.25, -0.2) is 0 Å². The summed E-state index contributed by atoms with van der Waals surface area (Å²) in [7, 11) is 2.23. The van der Waals surface area contributed by atoms with E-state index in [-0.39, 0.29) is 6.04 Å². The Kier molecular flexibility index (Phi) is 5.62. The Labute approximate surface area is 124 Å². The maximum atomic E-state index is 6.39. The minimum atomic E-state index is 0.128. The summed E-state index contributed by atoms with van der Waals surface area (Å²) in [5, 5.41) is 0. The third-order valence-electron chi connectivity index (χ3n) is 4.71. The lowest BCUT2D eigenvalue weighted by molar-refractivity contribution is 0.182. The molecule has 1 aromatic carbocycles. The molecule has 1 saturated carbocycles. The summed E-state index contributed by atoms with van der Waals surface area (Å²) in [5.74, 6) is 0.588. The highest BCUT2D eigenvalue weighted by Gasteiger charge is 2.20. The molecule has 0 aromatic heterocycles. The minimum Gasteiger partial charge on any atom is -0.323 e. The van der Waals surface area contributed by atoms with Crippen LogP contribution in [0.15, 0.2) is 24.3 Å². The fourth-order valence-electron chi connectivity index (χ4n) is 3.21. The zero-order chi connectivity index (χ0) is 14.5. The van der Waals surface area contributed by atoms with Gasteiger partial charge in [0.1, 0.15) is 0 Å². The van der Waals surface area contributed by atoms with Crippen molar-refractivity contribution < 1.29 is 0 Å². The lowest BCUT2D eigenvalue weighted by atomic mass is 9.93. The van der Waals surface area contributed by atoms with Crippen LogP contribution in [0, 0.1) is 0 Å². The van der Waals surface area contributed by atoms with Gasteiger partial charge in [0.2, 0.25) is 0 Å². The van der Waals surface area contributed by atoms with Crippen LogP contribution < -0.4 is 5.73 Å². The highest BCUT2D eigenvalue weighted by molar-refractivity contribution is 5.26. The molecular formula is C18H30N2. The van der Waals surface area contributed by atoms with Crippen LogP contribution in [0.25, 0.3) is 0 Å². The molecule has 1 aliphatic rings. The molecule has 1 aliphatic carbocycles. The lowest BCUT2D eigenvalue weighted by Gasteiger charge is -2.33. The molecule has 0 saturated heterocycles. The highest BCUT2D eigenvalue weighted by Crippen LogP contribution is 2.24. The van der Waals surface area contributed by atoms with Crippen LogP contribution in [0.2, 0.25) is 0 Å². The Morgan fingerprint density at radius 2 is 1.60 bits per heavy atom. The van der Waals surface area contributed by atoms with Gasteiger partial charge in [0.05, 0.1) is 0 Å². The van der Waals surface area contributed by atoms with Crippen LogP contribution in [-0.2, 0) is 0 Å². The standard InChI is InChI=1S/C18H30N2/c1-14(2)15-9-11-16(12-10-15)18(19)13-20(3)17-7-5-4-6-8-17/h9-12,14,17-18H,4-8,13,19H2,1-3H3. The number of benzene rings is 1. The van der Waals surface area contributed by atoms with Crippen LogP contribution in [0.1, 0.15) is 69.0 Å². The van der Waals surface area contributed by atoms with E-state index < -0.39 is 0 Å². The molecule has 0 aliphatic heterocycles. The SMILES string of the molecule is CC(C)c1ccc(C(N)CN(C)C2CCCCC2)cc1. The summed E-state index contributed by atoms with van der Waals surface area (Å²) < 4.78 is 0. The second-order valence-corrected chi connectivity index (χ2v) is 6.66. The van der Waals surface area contributed by atoms with Crippen molar-refractivity contribution in [3.05, 3.63) is 35.4 Å². The van der Waals surface area contributed by atoms with Gasteiger partial charge >= 0.3 is 0 Å². The number of hydrogen-bond acceptors (Lipinski definition) is 2. The van der Waals surface area contributed by atoms with Gasteiger partial charge < -0.3 is 10.6 Å². The number of nitrogens with zero attached hydrogens (tertiary/aromatic N) is 1. The molecule has 112 valence electrons. The van der Waals surface area contributed by atoms with Gasteiger partial charge in [0.25, 0.3) is 0 Å². The lowest BCUT2D eigenvalue weighted by Crippen LogP contribution is -2.38. The van der Waals surface area contributed by atoms with Crippen molar-refractivity contribution >= 4 is 0 Å². The molecule has 2 heteroatoms. The van der Waals surface area contributed by atoms with Gasteiger partial charge in [-0.2, -0.15) is 0 Å². The number of hydrogen-bond donors (Lipinski definition) is 1. The molecule has 1 atom stereocenters. The number of likely N-dealkylation sites (N-methyl/N-ethyl adjacent to an activating group) is 1. The molecule has 0 heterocycles. The van der Waals surface area contributed by atoms with Crippen molar-refractivity contribution in [1.29, 1.82) is 0 Å². The number of rotatable bonds is 5. The van der Waals surface area contributed by atoms with Crippen LogP contribution in [0.5, 0.6) is 0 Å². The van der Waals surface area contributed by atoms with Crippen molar-refractivity contribution in [3.63, 3.8) is 0 Å². The van der Waals surface area contributed by atoms with Gasteiger partial charge in [-0.3, -0.25) is 0 Å².